The van der Waals surface area contributed by atoms with Crippen molar-refractivity contribution in [3.63, 3.8) is 0 Å². The summed E-state index contributed by atoms with van der Waals surface area (Å²) >= 11 is 3.75. The maximum atomic E-state index is 7.85. The van der Waals surface area contributed by atoms with Gasteiger partial charge in [-0.25, -0.2) is 0 Å². The Hall–Kier alpha value is -12.1. The van der Waals surface area contributed by atoms with E-state index < -0.39 is 0 Å². The van der Waals surface area contributed by atoms with Crippen LogP contribution in [0.15, 0.2) is 359 Å². The standard InChI is InChI=1S/C96H68B2N4O2S2/c1-95(2)75-49-51-79-93(89(75)73-47-45-69(53-77(73)95)99(61-29-13-5-14-30-61)62-31-15-6-16-32-62)103-83-55-71(101(65-37-21-9-22-38-65)66-39-23-10-24-40-66)57-87-91(83)97(79)81-59-82-86(60-85(81)105-87)106-88-58-72(102(67-41-25-11-26-42-67)68-43-27-12-28-44-68)56-84-92(88)98(82)80-52-50-76-90(94(80)104-84)74-48-46-70(54-78(74)96(76,3)4)100(63-33-17-7-18-34-63)64-35-19-8-20-36-64/h5-60H,1-4H3. The summed E-state index contributed by atoms with van der Waals surface area (Å²) in [4.78, 5) is 14.4. The molecule has 0 saturated carbocycles. The predicted molar refractivity (Wildman–Crippen MR) is 444 cm³/mol. The van der Waals surface area contributed by atoms with Crippen molar-refractivity contribution in [2.24, 2.45) is 0 Å². The lowest BCUT2D eigenvalue weighted by atomic mass is 9.32. The van der Waals surface area contributed by atoms with Gasteiger partial charge in [-0.2, -0.15) is 0 Å². The van der Waals surface area contributed by atoms with Crippen molar-refractivity contribution in [3.8, 4) is 45.3 Å². The molecule has 0 amide bonds. The SMILES string of the molecule is CC1(C)c2cc(N(c3ccccc3)c3ccccc3)ccc2-c2c1ccc1c2Oc2cc(N(c3ccccc3)c3ccccc3)cc3c2B1c1cc2c(cc1S3)Sc1cc(N(c3ccccc3)c3ccccc3)cc3c1B2c1ccc2c(c1O3)-c1ccc(N(c3ccccc3)c3ccccc3)cc1C2(C)C. The molecule has 502 valence electrons. The average molecular weight is 1400 g/mol. The van der Waals surface area contributed by atoms with Gasteiger partial charge >= 0.3 is 0 Å². The Morgan fingerprint density at radius 3 is 0.840 bits per heavy atom. The molecule has 6 nitrogen and oxygen atoms in total. The molecule has 6 aliphatic rings. The first kappa shape index (κ1) is 62.5. The molecule has 0 radical (unpaired) electrons. The largest absolute Gasteiger partial charge is 0.458 e. The van der Waals surface area contributed by atoms with E-state index in [-0.39, 0.29) is 24.3 Å². The number of ether oxygens (including phenoxy) is 2. The molecule has 10 heteroatoms. The zero-order valence-electron chi connectivity index (χ0n) is 58.9. The maximum absolute atomic E-state index is 7.85. The summed E-state index contributed by atoms with van der Waals surface area (Å²) in [7, 11) is 0. The third-order valence-corrected chi connectivity index (χ3v) is 25.0. The highest BCUT2D eigenvalue weighted by atomic mass is 32.2. The van der Waals surface area contributed by atoms with Crippen LogP contribution in [0.2, 0.25) is 0 Å². The number of hydrogen-bond acceptors (Lipinski definition) is 8. The Morgan fingerprint density at radius 1 is 0.245 bits per heavy atom. The second kappa shape index (κ2) is 24.3. The van der Waals surface area contributed by atoms with Crippen molar-refractivity contribution in [2.45, 2.75) is 58.1 Å². The molecule has 0 N–H and O–H groups in total. The Balaban J connectivity index is 0.778. The van der Waals surface area contributed by atoms with Crippen molar-refractivity contribution < 1.29 is 9.47 Å². The van der Waals surface area contributed by atoms with Gasteiger partial charge in [0.25, 0.3) is 13.4 Å². The summed E-state index contributed by atoms with van der Waals surface area (Å²) in [6.45, 7) is 9.21. The molecular formula is C96H68B2N4O2S2. The minimum Gasteiger partial charge on any atom is -0.458 e. The lowest BCUT2D eigenvalue weighted by Gasteiger charge is -2.38. The lowest BCUT2D eigenvalue weighted by Crippen LogP contribution is -2.62. The molecule has 0 spiro atoms. The molecule has 0 unspecified atom stereocenters. The summed E-state index contributed by atoms with van der Waals surface area (Å²) < 4.78 is 15.7. The second-order valence-electron chi connectivity index (χ2n) is 29.5. The van der Waals surface area contributed by atoms with Gasteiger partial charge in [-0.3, -0.25) is 0 Å². The van der Waals surface area contributed by atoms with E-state index in [1.807, 2.05) is 23.5 Å². The third kappa shape index (κ3) is 9.70. The van der Waals surface area contributed by atoms with Crippen molar-refractivity contribution in [1.29, 1.82) is 0 Å². The number of benzene rings is 15. The van der Waals surface area contributed by atoms with Crippen LogP contribution in [-0.4, -0.2) is 13.4 Å². The summed E-state index contributed by atoms with van der Waals surface area (Å²) in [5, 5.41) is 0. The number of hydrogen-bond donors (Lipinski definition) is 0. The molecule has 15 aromatic rings. The number of anilines is 12. The van der Waals surface area contributed by atoms with Gasteiger partial charge in [0.05, 0.1) is 11.4 Å². The van der Waals surface area contributed by atoms with Crippen LogP contribution in [0.4, 0.5) is 68.2 Å². The first-order valence-corrected chi connectivity index (χ1v) is 38.2. The Labute approximate surface area is 628 Å². The van der Waals surface area contributed by atoms with Crippen LogP contribution in [0.1, 0.15) is 49.9 Å². The lowest BCUT2D eigenvalue weighted by molar-refractivity contribution is 0.487. The normalized spacial score (nSPS) is 14.0. The van der Waals surface area contributed by atoms with Gasteiger partial charge in [-0.1, -0.05) is 250 Å². The zero-order valence-corrected chi connectivity index (χ0v) is 60.5. The summed E-state index contributed by atoms with van der Waals surface area (Å²) in [6.07, 6.45) is 0. The van der Waals surface area contributed by atoms with Gasteiger partial charge in [0.2, 0.25) is 0 Å². The van der Waals surface area contributed by atoms with E-state index >= 15 is 0 Å². The van der Waals surface area contributed by atoms with Crippen molar-refractivity contribution >= 4 is 138 Å². The average Bonchev–Trinajstić information content (AvgIpc) is 1.03. The number of rotatable bonds is 12. The fourth-order valence-electron chi connectivity index (χ4n) is 17.9. The molecule has 0 aromatic heterocycles. The quantitative estimate of drug-likeness (QED) is 0.112. The number of fused-ring (bicyclic) bond motifs is 16. The zero-order chi connectivity index (χ0) is 70.5. The van der Waals surface area contributed by atoms with Crippen LogP contribution in [0.3, 0.4) is 0 Å². The van der Waals surface area contributed by atoms with E-state index in [1.165, 1.54) is 85.7 Å². The van der Waals surface area contributed by atoms with E-state index in [0.29, 0.717) is 0 Å². The Bertz CT molecular complexity index is 5530. The van der Waals surface area contributed by atoms with E-state index in [0.717, 1.165) is 102 Å². The molecule has 4 aliphatic heterocycles. The maximum Gasteiger partial charge on any atom is 0.253 e. The highest BCUT2D eigenvalue weighted by molar-refractivity contribution is 8.01. The van der Waals surface area contributed by atoms with Gasteiger partial charge in [0.1, 0.15) is 23.0 Å². The fraction of sp³-hybridized carbons (Fsp3) is 0.0625. The first-order valence-electron chi connectivity index (χ1n) is 36.6. The van der Waals surface area contributed by atoms with Gasteiger partial charge in [0, 0.05) is 111 Å². The van der Waals surface area contributed by atoms with Crippen molar-refractivity contribution in [3.05, 3.63) is 362 Å². The minimum atomic E-state index is -0.372. The minimum absolute atomic E-state index is 0.180. The Kier molecular flexibility index (Phi) is 14.3. The van der Waals surface area contributed by atoms with Crippen LogP contribution in [0.25, 0.3) is 22.3 Å². The van der Waals surface area contributed by atoms with Crippen LogP contribution >= 0.6 is 23.5 Å². The Morgan fingerprint density at radius 2 is 0.538 bits per heavy atom. The number of para-hydroxylation sites is 8. The fourth-order valence-corrected chi connectivity index (χ4v) is 20.4. The summed E-state index contributed by atoms with van der Waals surface area (Å²) in [6, 6.07) is 125. The summed E-state index contributed by atoms with van der Waals surface area (Å²) in [5.41, 5.74) is 29.3. The van der Waals surface area contributed by atoms with E-state index in [9.17, 15) is 0 Å². The topological polar surface area (TPSA) is 31.4 Å². The van der Waals surface area contributed by atoms with Crippen LogP contribution in [-0.2, 0) is 10.8 Å². The number of nitrogens with zero attached hydrogens (tertiary/aromatic N) is 4. The van der Waals surface area contributed by atoms with Crippen molar-refractivity contribution in [1.82, 2.24) is 0 Å². The third-order valence-electron chi connectivity index (χ3n) is 22.8. The van der Waals surface area contributed by atoms with Gasteiger partial charge < -0.3 is 29.1 Å². The van der Waals surface area contributed by atoms with E-state index in [4.69, 9.17) is 9.47 Å². The van der Waals surface area contributed by atoms with Crippen molar-refractivity contribution in [2.75, 3.05) is 19.6 Å². The molecule has 15 aromatic carbocycles. The van der Waals surface area contributed by atoms with Gasteiger partial charge in [-0.05, 0) is 195 Å². The molecule has 106 heavy (non-hydrogen) atoms. The molecule has 0 saturated heterocycles. The van der Waals surface area contributed by atoms with Crippen LogP contribution in [0.5, 0.6) is 23.0 Å². The van der Waals surface area contributed by atoms with E-state index in [1.54, 1.807) is 0 Å². The highest BCUT2D eigenvalue weighted by Crippen LogP contribution is 2.58. The molecule has 0 atom stereocenters. The highest BCUT2D eigenvalue weighted by Gasteiger charge is 2.49. The smallest absolute Gasteiger partial charge is 0.253 e. The molecular weight excluding hydrogens is 1330 g/mol. The predicted octanol–water partition coefficient (Wildman–Crippen LogP) is 22.4. The monoisotopic (exact) mass is 1390 g/mol. The first-order chi connectivity index (χ1) is 52.1. The molecule has 0 bridgehead atoms. The van der Waals surface area contributed by atoms with Crippen LogP contribution in [0, 0.1) is 0 Å². The molecule has 21 rings (SSSR count). The van der Waals surface area contributed by atoms with Gasteiger partial charge in [-0.15, -0.1) is 0 Å². The van der Waals surface area contributed by atoms with Crippen LogP contribution < -0.4 is 61.9 Å². The van der Waals surface area contributed by atoms with Gasteiger partial charge in [0.15, 0.2) is 0 Å². The molecule has 2 aliphatic carbocycles. The summed E-state index contributed by atoms with van der Waals surface area (Å²) in [5.74, 6) is 3.59. The molecule has 4 heterocycles. The molecule has 0 fully saturated rings. The second-order valence-corrected chi connectivity index (χ2v) is 31.6. The van der Waals surface area contributed by atoms with E-state index in [2.05, 4.69) is 387 Å².